The Balaban J connectivity index is 1.90. The second-order valence-corrected chi connectivity index (χ2v) is 5.90. The van der Waals surface area contributed by atoms with Crippen molar-refractivity contribution in [2.45, 2.75) is 0 Å². The summed E-state index contributed by atoms with van der Waals surface area (Å²) in [5, 5.41) is 0. The van der Waals surface area contributed by atoms with Gasteiger partial charge in [0, 0.05) is 0 Å². The summed E-state index contributed by atoms with van der Waals surface area (Å²) in [5.74, 6) is -0.274. The van der Waals surface area contributed by atoms with Gasteiger partial charge in [-0.1, -0.05) is 30.3 Å². The first kappa shape index (κ1) is 14.3. The molecule has 20 heavy (non-hydrogen) atoms. The minimum absolute atomic E-state index is 0.00615. The number of rotatable bonds is 6. The van der Waals surface area contributed by atoms with E-state index >= 15 is 0 Å². The Bertz CT molecular complexity index is 659. The van der Waals surface area contributed by atoms with Crippen molar-refractivity contribution < 1.29 is 17.5 Å². The normalized spacial score (nSPS) is 11.1. The van der Waals surface area contributed by atoms with Crippen LogP contribution in [0.4, 0.5) is 10.1 Å². The number of hydrogen-bond donors (Lipinski definition) is 1. The first-order valence-electron chi connectivity index (χ1n) is 6.00. The standard InChI is InChI=1S/C14H14FNO3S/c15-13-8-4-5-9-14(13)16-20(17,18)11-10-19-12-6-2-1-3-7-12/h1-9,16H,10-11H2. The van der Waals surface area contributed by atoms with E-state index in [0.29, 0.717) is 5.75 Å². The van der Waals surface area contributed by atoms with Gasteiger partial charge in [-0.3, -0.25) is 4.72 Å². The molecule has 1 N–H and O–H groups in total. The molecule has 0 unspecified atom stereocenters. The molecule has 2 aromatic carbocycles. The fraction of sp³-hybridized carbons (Fsp3) is 0.143. The average molecular weight is 295 g/mol. The van der Waals surface area contributed by atoms with Crippen molar-refractivity contribution in [3.05, 3.63) is 60.4 Å². The van der Waals surface area contributed by atoms with Crippen molar-refractivity contribution in [2.75, 3.05) is 17.1 Å². The molecule has 0 aliphatic carbocycles. The largest absolute Gasteiger partial charge is 0.492 e. The second kappa shape index (κ2) is 6.38. The molecule has 4 nitrogen and oxygen atoms in total. The third-order valence-electron chi connectivity index (χ3n) is 2.50. The van der Waals surface area contributed by atoms with E-state index in [2.05, 4.69) is 4.72 Å². The highest BCUT2D eigenvalue weighted by Crippen LogP contribution is 2.14. The highest BCUT2D eigenvalue weighted by molar-refractivity contribution is 7.92. The Morgan fingerprint density at radius 3 is 2.35 bits per heavy atom. The first-order chi connectivity index (χ1) is 9.57. The van der Waals surface area contributed by atoms with Crippen LogP contribution in [0.3, 0.4) is 0 Å². The fourth-order valence-electron chi connectivity index (χ4n) is 1.55. The van der Waals surface area contributed by atoms with Crippen molar-refractivity contribution in [3.8, 4) is 5.75 Å². The molecule has 0 saturated carbocycles. The summed E-state index contributed by atoms with van der Waals surface area (Å²) in [7, 11) is -3.64. The SMILES string of the molecule is O=S(=O)(CCOc1ccccc1)Nc1ccccc1F. The molecule has 0 amide bonds. The molecule has 2 aromatic rings. The molecular weight excluding hydrogens is 281 g/mol. The van der Waals surface area contributed by atoms with Crippen LogP contribution in [0.25, 0.3) is 0 Å². The number of sulfonamides is 1. The van der Waals surface area contributed by atoms with Crippen LogP contribution < -0.4 is 9.46 Å². The zero-order valence-corrected chi connectivity index (χ0v) is 11.4. The summed E-state index contributed by atoms with van der Waals surface area (Å²) in [4.78, 5) is 0. The number of ether oxygens (including phenoxy) is 1. The molecule has 0 aliphatic heterocycles. The van der Waals surface area contributed by atoms with Gasteiger partial charge in [-0.15, -0.1) is 0 Å². The van der Waals surface area contributed by atoms with Crippen molar-refractivity contribution >= 4 is 15.7 Å². The van der Waals surface area contributed by atoms with Crippen molar-refractivity contribution in [1.29, 1.82) is 0 Å². The van der Waals surface area contributed by atoms with Gasteiger partial charge in [0.1, 0.15) is 23.9 Å². The maximum Gasteiger partial charge on any atom is 0.236 e. The summed E-state index contributed by atoms with van der Waals surface area (Å²) in [6.45, 7) is -0.00615. The van der Waals surface area contributed by atoms with E-state index in [1.165, 1.54) is 18.2 Å². The van der Waals surface area contributed by atoms with Crippen LogP contribution in [0.1, 0.15) is 0 Å². The quantitative estimate of drug-likeness (QED) is 0.891. The third kappa shape index (κ3) is 4.24. The Morgan fingerprint density at radius 1 is 1.00 bits per heavy atom. The Morgan fingerprint density at radius 2 is 1.65 bits per heavy atom. The smallest absolute Gasteiger partial charge is 0.236 e. The molecule has 0 fully saturated rings. The predicted molar refractivity (Wildman–Crippen MR) is 75.7 cm³/mol. The van der Waals surface area contributed by atoms with Crippen LogP contribution in [0, 0.1) is 5.82 Å². The Kier molecular flexibility index (Phi) is 4.57. The van der Waals surface area contributed by atoms with E-state index in [1.54, 1.807) is 30.3 Å². The van der Waals surface area contributed by atoms with Gasteiger partial charge in [-0.25, -0.2) is 12.8 Å². The summed E-state index contributed by atoms with van der Waals surface area (Å²) in [6, 6.07) is 14.5. The van der Waals surface area contributed by atoms with E-state index in [-0.39, 0.29) is 18.0 Å². The number of benzene rings is 2. The van der Waals surface area contributed by atoms with Crippen LogP contribution in [0.2, 0.25) is 0 Å². The van der Waals surface area contributed by atoms with Crippen molar-refractivity contribution in [3.63, 3.8) is 0 Å². The lowest BCUT2D eigenvalue weighted by atomic mass is 10.3. The number of hydrogen-bond acceptors (Lipinski definition) is 3. The summed E-state index contributed by atoms with van der Waals surface area (Å²) in [6.07, 6.45) is 0. The maximum absolute atomic E-state index is 13.3. The molecule has 0 heterocycles. The lowest BCUT2D eigenvalue weighted by Gasteiger charge is -2.09. The number of halogens is 1. The monoisotopic (exact) mass is 295 g/mol. The fourth-order valence-corrected chi connectivity index (χ4v) is 2.45. The van der Waals surface area contributed by atoms with Crippen molar-refractivity contribution in [1.82, 2.24) is 0 Å². The Labute approximate surface area is 117 Å². The van der Waals surface area contributed by atoms with Gasteiger partial charge in [0.15, 0.2) is 0 Å². The van der Waals surface area contributed by atoms with E-state index in [9.17, 15) is 12.8 Å². The molecule has 106 valence electrons. The van der Waals surface area contributed by atoms with Crippen LogP contribution in [0.15, 0.2) is 54.6 Å². The van der Waals surface area contributed by atoms with E-state index in [4.69, 9.17) is 4.74 Å². The molecule has 0 spiro atoms. The molecule has 0 atom stereocenters. The highest BCUT2D eigenvalue weighted by atomic mass is 32.2. The zero-order valence-electron chi connectivity index (χ0n) is 10.6. The summed E-state index contributed by atoms with van der Waals surface area (Å²) >= 11 is 0. The molecule has 0 saturated heterocycles. The van der Waals surface area contributed by atoms with Gasteiger partial charge in [0.05, 0.1) is 5.69 Å². The summed E-state index contributed by atoms with van der Waals surface area (Å²) in [5.41, 5.74) is -0.0628. The minimum atomic E-state index is -3.64. The Hall–Kier alpha value is -2.08. The molecule has 0 aromatic heterocycles. The van der Waals surface area contributed by atoms with Gasteiger partial charge in [0.2, 0.25) is 10.0 Å². The predicted octanol–water partition coefficient (Wildman–Crippen LogP) is 2.65. The topological polar surface area (TPSA) is 55.4 Å². The summed E-state index contributed by atoms with van der Waals surface area (Å²) < 4.78 is 44.4. The third-order valence-corrected chi connectivity index (χ3v) is 3.74. The van der Waals surface area contributed by atoms with Gasteiger partial charge in [-0.05, 0) is 24.3 Å². The van der Waals surface area contributed by atoms with E-state index in [0.717, 1.165) is 0 Å². The van der Waals surface area contributed by atoms with E-state index < -0.39 is 15.8 Å². The zero-order chi connectivity index (χ0) is 14.4. The minimum Gasteiger partial charge on any atom is -0.492 e. The first-order valence-corrected chi connectivity index (χ1v) is 7.65. The lowest BCUT2D eigenvalue weighted by molar-refractivity contribution is 0.341. The molecular formula is C14H14FNO3S. The molecule has 2 rings (SSSR count). The van der Waals surface area contributed by atoms with Gasteiger partial charge in [-0.2, -0.15) is 0 Å². The second-order valence-electron chi connectivity index (χ2n) is 4.06. The number of para-hydroxylation sites is 2. The average Bonchev–Trinajstić information content (AvgIpc) is 2.42. The van der Waals surface area contributed by atoms with Gasteiger partial charge < -0.3 is 4.74 Å². The number of anilines is 1. The molecule has 0 aliphatic rings. The molecule has 6 heteroatoms. The van der Waals surface area contributed by atoms with Crippen LogP contribution in [-0.4, -0.2) is 20.8 Å². The van der Waals surface area contributed by atoms with Crippen LogP contribution >= 0.6 is 0 Å². The van der Waals surface area contributed by atoms with Crippen LogP contribution in [-0.2, 0) is 10.0 Å². The lowest BCUT2D eigenvalue weighted by Crippen LogP contribution is -2.21. The van der Waals surface area contributed by atoms with Gasteiger partial charge in [0.25, 0.3) is 0 Å². The maximum atomic E-state index is 13.3. The van der Waals surface area contributed by atoms with Crippen molar-refractivity contribution in [2.24, 2.45) is 0 Å². The molecule has 0 radical (unpaired) electrons. The van der Waals surface area contributed by atoms with Gasteiger partial charge >= 0.3 is 0 Å². The van der Waals surface area contributed by atoms with Crippen LogP contribution in [0.5, 0.6) is 5.75 Å². The van der Waals surface area contributed by atoms with E-state index in [1.807, 2.05) is 6.07 Å². The highest BCUT2D eigenvalue weighted by Gasteiger charge is 2.13. The number of nitrogens with one attached hydrogen (secondary N) is 1. The molecule has 0 bridgehead atoms.